The number of anilines is 1. The molecule has 1 fully saturated rings. The Bertz CT molecular complexity index is 961. The second-order valence-corrected chi connectivity index (χ2v) is 6.85. The second kappa shape index (κ2) is 5.48. The fraction of sp³-hybridized carbons (Fsp3) is 0.312. The number of benzene rings is 1. The number of carbonyl (C=O) groups is 2. The molecule has 8 heteroatoms. The third-order valence-corrected chi connectivity index (χ3v) is 4.98. The van der Waals surface area contributed by atoms with Gasteiger partial charge in [-0.1, -0.05) is 11.3 Å². The summed E-state index contributed by atoms with van der Waals surface area (Å²) < 4.78 is 8.43. The molecule has 0 bridgehead atoms. The Kier molecular flexibility index (Phi) is 3.42. The Morgan fingerprint density at radius 2 is 2.33 bits per heavy atom. The van der Waals surface area contributed by atoms with Crippen LogP contribution in [-0.2, 0) is 9.53 Å². The van der Waals surface area contributed by atoms with E-state index < -0.39 is 0 Å². The fourth-order valence-corrected chi connectivity index (χ4v) is 3.95. The summed E-state index contributed by atoms with van der Waals surface area (Å²) >= 11 is 1.59. The molecule has 1 aliphatic rings. The van der Waals surface area contributed by atoms with Crippen LogP contribution in [0.2, 0.25) is 0 Å². The lowest BCUT2D eigenvalue weighted by Gasteiger charge is -2.13. The second-order valence-electron chi connectivity index (χ2n) is 5.84. The maximum absolute atomic E-state index is 12.1. The highest BCUT2D eigenvalue weighted by Gasteiger charge is 2.32. The maximum Gasteiger partial charge on any atom is 0.414 e. The van der Waals surface area contributed by atoms with Gasteiger partial charge in [0, 0.05) is 18.8 Å². The molecule has 124 valence electrons. The van der Waals surface area contributed by atoms with E-state index in [0.717, 1.165) is 26.6 Å². The summed E-state index contributed by atoms with van der Waals surface area (Å²) in [5, 5.41) is 2.68. The first kappa shape index (κ1) is 14.9. The Hall–Kier alpha value is -2.61. The molecule has 24 heavy (non-hydrogen) atoms. The van der Waals surface area contributed by atoms with E-state index >= 15 is 0 Å². The van der Waals surface area contributed by atoms with Gasteiger partial charge in [0.05, 0.1) is 29.0 Å². The summed E-state index contributed by atoms with van der Waals surface area (Å²) in [7, 11) is 0. The molecule has 3 heterocycles. The molecule has 2 aromatic heterocycles. The molecule has 3 aromatic rings. The number of carbonyl (C=O) groups excluding carboxylic acids is 2. The minimum absolute atomic E-state index is 0.136. The number of aryl methyl sites for hydroxylation is 1. The van der Waals surface area contributed by atoms with Gasteiger partial charge in [0.2, 0.25) is 5.91 Å². The van der Waals surface area contributed by atoms with E-state index in [1.165, 1.54) is 6.92 Å². The SMILES string of the molecule is CC(=O)NC[C@H]1CN(c2ccc3c(c2)sc2nc(C)cn23)C(=O)O1. The van der Waals surface area contributed by atoms with Crippen molar-refractivity contribution in [1.82, 2.24) is 14.7 Å². The number of ether oxygens (including phenoxy) is 1. The summed E-state index contributed by atoms with van der Waals surface area (Å²) in [5.74, 6) is -0.136. The summed E-state index contributed by atoms with van der Waals surface area (Å²) in [4.78, 5) is 30.1. The zero-order valence-electron chi connectivity index (χ0n) is 13.3. The average molecular weight is 344 g/mol. The minimum atomic E-state index is -0.387. The number of thiazole rings is 1. The number of fused-ring (bicyclic) bond motifs is 3. The van der Waals surface area contributed by atoms with E-state index in [0.29, 0.717) is 13.1 Å². The van der Waals surface area contributed by atoms with E-state index in [2.05, 4.69) is 14.7 Å². The molecule has 1 aromatic carbocycles. The van der Waals surface area contributed by atoms with Crippen molar-refractivity contribution < 1.29 is 14.3 Å². The first-order valence-corrected chi connectivity index (χ1v) is 8.44. The number of hydrogen-bond donors (Lipinski definition) is 1. The smallest absolute Gasteiger partial charge is 0.414 e. The summed E-state index contributed by atoms with van der Waals surface area (Å²) in [5.41, 5.74) is 2.84. The first-order valence-electron chi connectivity index (χ1n) is 7.62. The number of rotatable bonds is 3. The Morgan fingerprint density at radius 1 is 1.50 bits per heavy atom. The van der Waals surface area contributed by atoms with Gasteiger partial charge in [-0.05, 0) is 25.1 Å². The number of amides is 2. The zero-order chi connectivity index (χ0) is 16.8. The van der Waals surface area contributed by atoms with Crippen LogP contribution in [0.15, 0.2) is 24.4 Å². The summed E-state index contributed by atoms with van der Waals surface area (Å²) in [6, 6.07) is 5.88. The van der Waals surface area contributed by atoms with Crippen LogP contribution in [0.25, 0.3) is 15.2 Å². The molecule has 1 saturated heterocycles. The van der Waals surface area contributed by atoms with Crippen molar-refractivity contribution in [2.45, 2.75) is 20.0 Å². The van der Waals surface area contributed by atoms with Gasteiger partial charge in [-0.25, -0.2) is 9.78 Å². The molecule has 1 aliphatic heterocycles. The molecule has 0 aliphatic carbocycles. The molecule has 1 atom stereocenters. The van der Waals surface area contributed by atoms with Crippen molar-refractivity contribution in [3.8, 4) is 0 Å². The summed E-state index contributed by atoms with van der Waals surface area (Å²) in [6.45, 7) is 4.16. The lowest BCUT2D eigenvalue weighted by Crippen LogP contribution is -2.33. The Labute approximate surface area is 141 Å². The number of imidazole rings is 1. The molecule has 2 amide bonds. The van der Waals surface area contributed by atoms with Gasteiger partial charge in [0.25, 0.3) is 0 Å². The topological polar surface area (TPSA) is 75.9 Å². The lowest BCUT2D eigenvalue weighted by atomic mass is 10.2. The van der Waals surface area contributed by atoms with Crippen molar-refractivity contribution in [2.75, 3.05) is 18.0 Å². The molecular weight excluding hydrogens is 328 g/mol. The molecule has 0 saturated carbocycles. The third kappa shape index (κ3) is 2.48. The third-order valence-electron chi connectivity index (χ3n) is 3.96. The highest BCUT2D eigenvalue weighted by Crippen LogP contribution is 2.31. The standard InChI is InChI=1S/C16H16N4O3S/c1-9-7-20-13-4-3-11(5-14(13)24-15(20)18-9)19-8-12(23-16(19)22)6-17-10(2)21/h3-5,7,12H,6,8H2,1-2H3,(H,17,21)/t12-/m0/s1. The maximum atomic E-state index is 12.1. The number of nitrogens with zero attached hydrogens (tertiary/aromatic N) is 3. The predicted molar refractivity (Wildman–Crippen MR) is 91.6 cm³/mol. The molecule has 4 rings (SSSR count). The molecule has 0 radical (unpaired) electrons. The number of aromatic nitrogens is 2. The van der Waals surface area contributed by atoms with E-state index in [1.54, 1.807) is 16.2 Å². The monoisotopic (exact) mass is 344 g/mol. The highest BCUT2D eigenvalue weighted by atomic mass is 32.1. The van der Waals surface area contributed by atoms with Gasteiger partial charge < -0.3 is 10.1 Å². The van der Waals surface area contributed by atoms with Crippen molar-refractivity contribution in [3.05, 3.63) is 30.1 Å². The van der Waals surface area contributed by atoms with Crippen LogP contribution in [0.4, 0.5) is 10.5 Å². The van der Waals surface area contributed by atoms with Gasteiger partial charge in [-0.2, -0.15) is 0 Å². The number of nitrogens with one attached hydrogen (secondary N) is 1. The Morgan fingerprint density at radius 3 is 3.12 bits per heavy atom. The summed E-state index contributed by atoms with van der Waals surface area (Å²) in [6.07, 6.45) is 1.28. The largest absolute Gasteiger partial charge is 0.442 e. The van der Waals surface area contributed by atoms with Crippen LogP contribution in [0.5, 0.6) is 0 Å². The molecule has 7 nitrogen and oxygen atoms in total. The fourth-order valence-electron chi connectivity index (χ4n) is 2.87. The van der Waals surface area contributed by atoms with Crippen LogP contribution in [0, 0.1) is 6.92 Å². The number of cyclic esters (lactones) is 1. The molecule has 1 N–H and O–H groups in total. The van der Waals surface area contributed by atoms with Crippen LogP contribution in [-0.4, -0.2) is 40.6 Å². The number of hydrogen-bond acceptors (Lipinski definition) is 5. The van der Waals surface area contributed by atoms with Crippen LogP contribution in [0.3, 0.4) is 0 Å². The first-order chi connectivity index (χ1) is 11.5. The minimum Gasteiger partial charge on any atom is -0.442 e. The van der Waals surface area contributed by atoms with E-state index in [4.69, 9.17) is 4.74 Å². The van der Waals surface area contributed by atoms with Crippen LogP contribution < -0.4 is 10.2 Å². The molecule has 0 unspecified atom stereocenters. The van der Waals surface area contributed by atoms with Gasteiger partial charge in [-0.3, -0.25) is 14.1 Å². The molecule has 0 spiro atoms. The zero-order valence-corrected chi connectivity index (χ0v) is 14.1. The predicted octanol–water partition coefficient (Wildman–Crippen LogP) is 2.32. The van der Waals surface area contributed by atoms with Crippen molar-refractivity contribution >= 4 is 44.2 Å². The average Bonchev–Trinajstić information content (AvgIpc) is 3.16. The Balaban J connectivity index is 1.61. The van der Waals surface area contributed by atoms with E-state index in [9.17, 15) is 9.59 Å². The van der Waals surface area contributed by atoms with Crippen molar-refractivity contribution in [1.29, 1.82) is 0 Å². The van der Waals surface area contributed by atoms with E-state index in [-0.39, 0.29) is 18.1 Å². The van der Waals surface area contributed by atoms with Crippen LogP contribution >= 0.6 is 11.3 Å². The van der Waals surface area contributed by atoms with Crippen LogP contribution in [0.1, 0.15) is 12.6 Å². The quantitative estimate of drug-likeness (QED) is 0.791. The van der Waals surface area contributed by atoms with Crippen molar-refractivity contribution in [2.24, 2.45) is 0 Å². The normalized spacial score (nSPS) is 17.7. The van der Waals surface area contributed by atoms with Gasteiger partial charge in [-0.15, -0.1) is 0 Å². The van der Waals surface area contributed by atoms with Crippen molar-refractivity contribution in [3.63, 3.8) is 0 Å². The van der Waals surface area contributed by atoms with Gasteiger partial charge in [0.1, 0.15) is 6.10 Å². The lowest BCUT2D eigenvalue weighted by molar-refractivity contribution is -0.119. The van der Waals surface area contributed by atoms with E-state index in [1.807, 2.05) is 31.3 Å². The van der Waals surface area contributed by atoms with Gasteiger partial charge in [0.15, 0.2) is 4.96 Å². The molecular formula is C16H16N4O3S. The van der Waals surface area contributed by atoms with Gasteiger partial charge >= 0.3 is 6.09 Å². The highest BCUT2D eigenvalue weighted by molar-refractivity contribution is 7.23.